The standard InChI is InChI=1S/C20H32FN3O2/c1-14(2)24(13-15(3)25)20(26)22-16-10-11-19(18(21)12-16)23(4)17-8-6-5-7-9-17/h10-12,14-15,17,25H,5-9,13H2,1-4H3,(H,22,26). The first-order valence-corrected chi connectivity index (χ1v) is 9.57. The molecule has 0 aliphatic heterocycles. The van der Waals surface area contributed by atoms with E-state index in [-0.39, 0.29) is 24.4 Å². The van der Waals surface area contributed by atoms with Gasteiger partial charge in [-0.05, 0) is 51.8 Å². The topological polar surface area (TPSA) is 55.8 Å². The number of carbonyl (C=O) groups is 1. The summed E-state index contributed by atoms with van der Waals surface area (Å²) in [5, 5.41) is 12.3. The van der Waals surface area contributed by atoms with Gasteiger partial charge in [0.2, 0.25) is 0 Å². The maximum atomic E-state index is 14.6. The lowest BCUT2D eigenvalue weighted by atomic mass is 9.94. The molecule has 2 N–H and O–H groups in total. The van der Waals surface area contributed by atoms with Gasteiger partial charge >= 0.3 is 6.03 Å². The number of nitrogens with one attached hydrogen (secondary N) is 1. The van der Waals surface area contributed by atoms with Gasteiger partial charge in [0.1, 0.15) is 5.82 Å². The third-order valence-corrected chi connectivity index (χ3v) is 5.05. The molecule has 1 fully saturated rings. The Morgan fingerprint density at radius 3 is 2.46 bits per heavy atom. The molecule has 0 aromatic heterocycles. The second-order valence-electron chi connectivity index (χ2n) is 7.59. The van der Waals surface area contributed by atoms with Crippen molar-refractivity contribution in [2.75, 3.05) is 23.8 Å². The fourth-order valence-electron chi connectivity index (χ4n) is 3.54. The van der Waals surface area contributed by atoms with E-state index in [1.54, 1.807) is 19.1 Å². The number of urea groups is 1. The van der Waals surface area contributed by atoms with E-state index in [0.717, 1.165) is 12.8 Å². The number of hydrogen-bond acceptors (Lipinski definition) is 3. The maximum absolute atomic E-state index is 14.6. The zero-order valence-electron chi connectivity index (χ0n) is 16.3. The highest BCUT2D eigenvalue weighted by Crippen LogP contribution is 2.29. The summed E-state index contributed by atoms with van der Waals surface area (Å²) in [7, 11) is 1.94. The number of aliphatic hydroxyl groups is 1. The minimum atomic E-state index is -0.619. The summed E-state index contributed by atoms with van der Waals surface area (Å²) in [5.41, 5.74) is 0.990. The molecule has 2 rings (SSSR count). The first kappa shape index (κ1) is 20.5. The number of halogens is 1. The van der Waals surface area contributed by atoms with Crippen molar-refractivity contribution < 1.29 is 14.3 Å². The monoisotopic (exact) mass is 365 g/mol. The van der Waals surface area contributed by atoms with Crippen LogP contribution in [0.1, 0.15) is 52.9 Å². The van der Waals surface area contributed by atoms with Gasteiger partial charge < -0.3 is 20.2 Å². The minimum absolute atomic E-state index is 0.0637. The molecular formula is C20H32FN3O2. The number of amides is 2. The molecule has 1 aliphatic rings. The second kappa shape index (κ2) is 9.21. The first-order chi connectivity index (χ1) is 12.3. The Morgan fingerprint density at radius 1 is 1.27 bits per heavy atom. The van der Waals surface area contributed by atoms with E-state index in [1.165, 1.54) is 30.2 Å². The number of benzene rings is 1. The van der Waals surface area contributed by atoms with Crippen LogP contribution in [-0.4, -0.2) is 47.8 Å². The van der Waals surface area contributed by atoms with Gasteiger partial charge in [-0.1, -0.05) is 19.3 Å². The summed E-state index contributed by atoms with van der Waals surface area (Å²) in [6, 6.07) is 4.80. The van der Waals surface area contributed by atoms with Gasteiger partial charge in [0.25, 0.3) is 0 Å². The average Bonchev–Trinajstić information content (AvgIpc) is 2.59. The number of hydrogen-bond donors (Lipinski definition) is 2. The van der Waals surface area contributed by atoms with Crippen LogP contribution in [0.15, 0.2) is 18.2 Å². The second-order valence-corrected chi connectivity index (χ2v) is 7.59. The fraction of sp³-hybridized carbons (Fsp3) is 0.650. The molecule has 1 atom stereocenters. The Balaban J connectivity index is 2.07. The summed E-state index contributed by atoms with van der Waals surface area (Å²) in [6.07, 6.45) is 5.22. The molecule has 6 heteroatoms. The van der Waals surface area contributed by atoms with E-state index < -0.39 is 6.10 Å². The van der Waals surface area contributed by atoms with E-state index in [0.29, 0.717) is 17.4 Å². The molecule has 0 spiro atoms. The Morgan fingerprint density at radius 2 is 1.92 bits per heavy atom. The van der Waals surface area contributed by atoms with Gasteiger partial charge in [-0.3, -0.25) is 0 Å². The van der Waals surface area contributed by atoms with Crippen molar-refractivity contribution in [3.8, 4) is 0 Å². The van der Waals surface area contributed by atoms with Gasteiger partial charge in [-0.15, -0.1) is 0 Å². The highest BCUT2D eigenvalue weighted by Gasteiger charge is 2.22. The number of aliphatic hydroxyl groups excluding tert-OH is 1. The third-order valence-electron chi connectivity index (χ3n) is 5.05. The lowest BCUT2D eigenvalue weighted by molar-refractivity contribution is 0.125. The Kier molecular flexibility index (Phi) is 7.26. The van der Waals surface area contributed by atoms with Crippen molar-refractivity contribution >= 4 is 17.4 Å². The highest BCUT2D eigenvalue weighted by atomic mass is 19.1. The third kappa shape index (κ3) is 5.34. The van der Waals surface area contributed by atoms with E-state index >= 15 is 0 Å². The molecule has 1 saturated carbocycles. The molecule has 5 nitrogen and oxygen atoms in total. The molecule has 0 radical (unpaired) electrons. The van der Waals surface area contributed by atoms with Crippen LogP contribution in [0.2, 0.25) is 0 Å². The molecule has 2 amide bonds. The molecule has 146 valence electrons. The van der Waals surface area contributed by atoms with Crippen molar-refractivity contribution in [1.82, 2.24) is 4.90 Å². The average molecular weight is 365 g/mol. The Hall–Kier alpha value is -1.82. The van der Waals surface area contributed by atoms with Gasteiger partial charge in [-0.25, -0.2) is 9.18 Å². The lowest BCUT2D eigenvalue weighted by Crippen LogP contribution is -2.43. The Labute approximate surface area is 156 Å². The van der Waals surface area contributed by atoms with E-state index in [2.05, 4.69) is 5.32 Å². The van der Waals surface area contributed by atoms with Gasteiger partial charge in [0, 0.05) is 31.4 Å². The SMILES string of the molecule is CC(O)CN(C(=O)Nc1ccc(N(C)C2CCCCC2)c(F)c1)C(C)C. The van der Waals surface area contributed by atoms with Crippen molar-refractivity contribution in [3.63, 3.8) is 0 Å². The van der Waals surface area contributed by atoms with Crippen molar-refractivity contribution in [2.45, 2.75) is 71.1 Å². The summed E-state index contributed by atoms with van der Waals surface area (Å²) in [4.78, 5) is 16.0. The smallest absolute Gasteiger partial charge is 0.322 e. The molecule has 0 saturated heterocycles. The van der Waals surface area contributed by atoms with Crippen LogP contribution in [0.4, 0.5) is 20.6 Å². The number of carbonyl (C=O) groups excluding carboxylic acids is 1. The zero-order chi connectivity index (χ0) is 19.3. The summed E-state index contributed by atoms with van der Waals surface area (Å²) >= 11 is 0. The molecule has 26 heavy (non-hydrogen) atoms. The normalized spacial score (nSPS) is 16.4. The van der Waals surface area contributed by atoms with Crippen LogP contribution >= 0.6 is 0 Å². The molecule has 0 heterocycles. The van der Waals surface area contributed by atoms with Crippen LogP contribution < -0.4 is 10.2 Å². The number of nitrogens with zero attached hydrogens (tertiary/aromatic N) is 2. The fourth-order valence-corrected chi connectivity index (χ4v) is 3.54. The summed E-state index contributed by atoms with van der Waals surface area (Å²) in [5.74, 6) is -0.331. The first-order valence-electron chi connectivity index (χ1n) is 9.57. The van der Waals surface area contributed by atoms with Crippen molar-refractivity contribution in [3.05, 3.63) is 24.0 Å². The Bertz CT molecular complexity index is 601. The maximum Gasteiger partial charge on any atom is 0.322 e. The van der Waals surface area contributed by atoms with Crippen LogP contribution in [0.3, 0.4) is 0 Å². The molecular weight excluding hydrogens is 333 g/mol. The number of rotatable bonds is 6. The zero-order valence-corrected chi connectivity index (χ0v) is 16.3. The van der Waals surface area contributed by atoms with Gasteiger partial charge in [0.05, 0.1) is 11.8 Å². The van der Waals surface area contributed by atoms with E-state index in [1.807, 2.05) is 25.8 Å². The van der Waals surface area contributed by atoms with E-state index in [4.69, 9.17) is 0 Å². The van der Waals surface area contributed by atoms with Gasteiger partial charge in [-0.2, -0.15) is 0 Å². The van der Waals surface area contributed by atoms with E-state index in [9.17, 15) is 14.3 Å². The molecule has 1 aromatic carbocycles. The summed E-state index contributed by atoms with van der Waals surface area (Å²) in [6.45, 7) is 5.63. The molecule has 0 bridgehead atoms. The van der Waals surface area contributed by atoms with Crippen molar-refractivity contribution in [1.29, 1.82) is 0 Å². The van der Waals surface area contributed by atoms with Crippen LogP contribution in [0.25, 0.3) is 0 Å². The molecule has 1 unspecified atom stereocenters. The number of anilines is 2. The van der Waals surface area contributed by atoms with Crippen LogP contribution in [0, 0.1) is 5.82 Å². The predicted octanol–water partition coefficient (Wildman–Crippen LogP) is 4.22. The largest absolute Gasteiger partial charge is 0.392 e. The van der Waals surface area contributed by atoms with Crippen LogP contribution in [-0.2, 0) is 0 Å². The molecule has 1 aromatic rings. The highest BCUT2D eigenvalue weighted by molar-refractivity contribution is 5.89. The quantitative estimate of drug-likeness (QED) is 0.794. The molecule has 1 aliphatic carbocycles. The van der Waals surface area contributed by atoms with Crippen molar-refractivity contribution in [2.24, 2.45) is 0 Å². The van der Waals surface area contributed by atoms with Gasteiger partial charge in [0.15, 0.2) is 0 Å². The van der Waals surface area contributed by atoms with Crippen LogP contribution in [0.5, 0.6) is 0 Å². The predicted molar refractivity (Wildman–Crippen MR) is 104 cm³/mol. The minimum Gasteiger partial charge on any atom is -0.392 e. The lowest BCUT2D eigenvalue weighted by Gasteiger charge is -2.33. The summed E-state index contributed by atoms with van der Waals surface area (Å²) < 4.78 is 14.6.